The molecule has 2 atom stereocenters. The topological polar surface area (TPSA) is 46.3 Å². The molecule has 0 saturated heterocycles. The smallest absolute Gasteiger partial charge is 0.256 e. The summed E-state index contributed by atoms with van der Waals surface area (Å²) < 4.78 is 27.0. The van der Waals surface area contributed by atoms with Gasteiger partial charge in [0.1, 0.15) is 11.6 Å². The van der Waals surface area contributed by atoms with E-state index in [4.69, 9.17) is 5.73 Å². The minimum atomic E-state index is -0.825. The van der Waals surface area contributed by atoms with Crippen LogP contribution in [0.25, 0.3) is 0 Å². The van der Waals surface area contributed by atoms with Crippen LogP contribution < -0.4 is 5.73 Å². The summed E-state index contributed by atoms with van der Waals surface area (Å²) in [5, 5.41) is 0. The van der Waals surface area contributed by atoms with E-state index in [0.29, 0.717) is 0 Å². The van der Waals surface area contributed by atoms with Crippen LogP contribution in [-0.2, 0) is 0 Å². The van der Waals surface area contributed by atoms with E-state index in [0.717, 1.165) is 31.7 Å². The van der Waals surface area contributed by atoms with Crippen molar-refractivity contribution in [1.29, 1.82) is 0 Å². The fraction of sp³-hybridized carbons (Fsp3) is 0.533. The lowest BCUT2D eigenvalue weighted by Crippen LogP contribution is -2.50. The number of hydrogen-bond acceptors (Lipinski definition) is 2. The third kappa shape index (κ3) is 2.82. The van der Waals surface area contributed by atoms with Crippen LogP contribution >= 0.6 is 0 Å². The van der Waals surface area contributed by atoms with Crippen molar-refractivity contribution >= 4 is 5.91 Å². The molecule has 3 nitrogen and oxygen atoms in total. The summed E-state index contributed by atoms with van der Waals surface area (Å²) in [6, 6.07) is 1.86. The highest BCUT2D eigenvalue weighted by Gasteiger charge is 2.30. The largest absolute Gasteiger partial charge is 0.337 e. The van der Waals surface area contributed by atoms with Crippen LogP contribution in [0, 0.1) is 18.6 Å². The Kier molecular flexibility index (Phi) is 4.38. The van der Waals surface area contributed by atoms with Gasteiger partial charge in [0.25, 0.3) is 5.91 Å². The van der Waals surface area contributed by atoms with Crippen molar-refractivity contribution in [3.63, 3.8) is 0 Å². The monoisotopic (exact) mass is 282 g/mol. The summed E-state index contributed by atoms with van der Waals surface area (Å²) in [5.74, 6) is -1.90. The Bertz CT molecular complexity index is 519. The second-order valence-corrected chi connectivity index (χ2v) is 5.51. The van der Waals surface area contributed by atoms with Crippen molar-refractivity contribution in [3.05, 3.63) is 34.9 Å². The molecule has 1 saturated carbocycles. The molecule has 1 aliphatic carbocycles. The third-order valence-electron chi connectivity index (χ3n) is 4.08. The number of nitrogens with zero attached hydrogens (tertiary/aromatic N) is 1. The van der Waals surface area contributed by atoms with Crippen LogP contribution in [-0.4, -0.2) is 29.9 Å². The Labute approximate surface area is 117 Å². The fourth-order valence-electron chi connectivity index (χ4n) is 2.78. The van der Waals surface area contributed by atoms with E-state index in [-0.39, 0.29) is 23.2 Å². The van der Waals surface area contributed by atoms with Crippen molar-refractivity contribution in [1.82, 2.24) is 4.90 Å². The number of carbonyl (C=O) groups is 1. The molecule has 0 bridgehead atoms. The van der Waals surface area contributed by atoms with Crippen LogP contribution in [0.4, 0.5) is 8.78 Å². The lowest BCUT2D eigenvalue weighted by atomic mass is 9.89. The third-order valence-corrected chi connectivity index (χ3v) is 4.08. The molecule has 1 aromatic rings. The average Bonchev–Trinajstić information content (AvgIpc) is 2.42. The molecule has 0 aromatic heterocycles. The number of likely N-dealkylation sites (N-methyl/N-ethyl adjacent to an activating group) is 1. The Hall–Kier alpha value is -1.49. The lowest BCUT2D eigenvalue weighted by molar-refractivity contribution is 0.0667. The molecule has 2 rings (SSSR count). The minimum absolute atomic E-state index is 0.0812. The Balaban J connectivity index is 2.24. The Morgan fingerprint density at radius 2 is 1.90 bits per heavy atom. The zero-order chi connectivity index (χ0) is 14.9. The summed E-state index contributed by atoms with van der Waals surface area (Å²) in [7, 11) is 1.64. The molecule has 20 heavy (non-hydrogen) atoms. The van der Waals surface area contributed by atoms with Gasteiger partial charge in [-0.3, -0.25) is 4.79 Å². The predicted molar refractivity (Wildman–Crippen MR) is 73.4 cm³/mol. The van der Waals surface area contributed by atoms with E-state index >= 15 is 0 Å². The zero-order valence-electron chi connectivity index (χ0n) is 11.8. The van der Waals surface area contributed by atoms with E-state index < -0.39 is 17.5 Å². The van der Waals surface area contributed by atoms with Crippen molar-refractivity contribution in [2.24, 2.45) is 5.73 Å². The average molecular weight is 282 g/mol. The maximum absolute atomic E-state index is 13.8. The van der Waals surface area contributed by atoms with Gasteiger partial charge in [-0.15, -0.1) is 0 Å². The van der Waals surface area contributed by atoms with Gasteiger partial charge in [0.05, 0.1) is 5.56 Å². The molecule has 0 spiro atoms. The lowest BCUT2D eigenvalue weighted by Gasteiger charge is -2.36. The molecule has 2 N–H and O–H groups in total. The van der Waals surface area contributed by atoms with E-state index in [1.165, 1.54) is 17.9 Å². The van der Waals surface area contributed by atoms with Gasteiger partial charge >= 0.3 is 0 Å². The second-order valence-electron chi connectivity index (χ2n) is 5.51. The van der Waals surface area contributed by atoms with Gasteiger partial charge in [0.2, 0.25) is 0 Å². The van der Waals surface area contributed by atoms with Gasteiger partial charge in [-0.2, -0.15) is 0 Å². The molecule has 2 unspecified atom stereocenters. The number of benzene rings is 1. The van der Waals surface area contributed by atoms with E-state index in [1.807, 2.05) is 0 Å². The van der Waals surface area contributed by atoms with E-state index in [9.17, 15) is 13.6 Å². The summed E-state index contributed by atoms with van der Waals surface area (Å²) in [4.78, 5) is 13.9. The quantitative estimate of drug-likeness (QED) is 0.906. The molecule has 0 heterocycles. The van der Waals surface area contributed by atoms with E-state index in [2.05, 4.69) is 0 Å². The highest BCUT2D eigenvalue weighted by Crippen LogP contribution is 2.23. The SMILES string of the molecule is Cc1cc(C(=O)N(C)C2CCCCC2N)c(F)cc1F. The van der Waals surface area contributed by atoms with Gasteiger partial charge in [-0.1, -0.05) is 12.8 Å². The molecule has 1 fully saturated rings. The van der Waals surface area contributed by atoms with Gasteiger partial charge in [0.15, 0.2) is 0 Å². The van der Waals surface area contributed by atoms with Crippen molar-refractivity contribution in [3.8, 4) is 0 Å². The molecule has 0 aliphatic heterocycles. The highest BCUT2D eigenvalue weighted by atomic mass is 19.1. The molecule has 1 amide bonds. The number of amides is 1. The van der Waals surface area contributed by atoms with E-state index in [1.54, 1.807) is 7.05 Å². The number of hydrogen-bond donors (Lipinski definition) is 1. The predicted octanol–water partition coefficient (Wildman–Crippen LogP) is 2.62. The van der Waals surface area contributed by atoms with Crippen LogP contribution in [0.2, 0.25) is 0 Å². The second kappa shape index (κ2) is 5.87. The highest BCUT2D eigenvalue weighted by molar-refractivity contribution is 5.94. The molecule has 5 heteroatoms. The van der Waals surface area contributed by atoms with Crippen molar-refractivity contribution < 1.29 is 13.6 Å². The molecule has 110 valence electrons. The van der Waals surface area contributed by atoms with Crippen LogP contribution in [0.5, 0.6) is 0 Å². The number of carbonyl (C=O) groups excluding carboxylic acids is 1. The molecule has 0 radical (unpaired) electrons. The maximum Gasteiger partial charge on any atom is 0.256 e. The molecular weight excluding hydrogens is 262 g/mol. The van der Waals surface area contributed by atoms with Gasteiger partial charge in [-0.05, 0) is 31.4 Å². The van der Waals surface area contributed by atoms with Gasteiger partial charge < -0.3 is 10.6 Å². The summed E-state index contributed by atoms with van der Waals surface area (Å²) in [6.07, 6.45) is 3.77. The van der Waals surface area contributed by atoms with Crippen LogP contribution in [0.1, 0.15) is 41.6 Å². The van der Waals surface area contributed by atoms with Gasteiger partial charge in [0, 0.05) is 25.2 Å². The Morgan fingerprint density at radius 1 is 1.25 bits per heavy atom. The first-order valence-electron chi connectivity index (χ1n) is 6.90. The maximum atomic E-state index is 13.8. The molecule has 1 aliphatic rings. The normalized spacial score (nSPS) is 22.6. The number of rotatable bonds is 2. The minimum Gasteiger partial charge on any atom is -0.337 e. The standard InChI is InChI=1S/C15H20F2N2O/c1-9-7-10(12(17)8-11(9)16)15(20)19(2)14-6-4-3-5-13(14)18/h7-8,13-14H,3-6,18H2,1-2H3. The number of halogens is 2. The van der Waals surface area contributed by atoms with Crippen LogP contribution in [0.3, 0.4) is 0 Å². The van der Waals surface area contributed by atoms with Crippen molar-refractivity contribution in [2.75, 3.05) is 7.05 Å². The zero-order valence-corrected chi connectivity index (χ0v) is 11.8. The first kappa shape index (κ1) is 14.9. The number of nitrogens with two attached hydrogens (primary N) is 1. The Morgan fingerprint density at radius 3 is 2.55 bits per heavy atom. The summed E-state index contributed by atoms with van der Waals surface area (Å²) in [5.41, 5.74) is 6.21. The summed E-state index contributed by atoms with van der Waals surface area (Å²) in [6.45, 7) is 1.51. The summed E-state index contributed by atoms with van der Waals surface area (Å²) >= 11 is 0. The first-order chi connectivity index (χ1) is 9.41. The van der Waals surface area contributed by atoms with Gasteiger partial charge in [-0.25, -0.2) is 8.78 Å². The van der Waals surface area contributed by atoms with Crippen molar-refractivity contribution in [2.45, 2.75) is 44.7 Å². The molecular formula is C15H20F2N2O. The molecule has 1 aromatic carbocycles. The number of aryl methyl sites for hydroxylation is 1. The fourth-order valence-corrected chi connectivity index (χ4v) is 2.78. The first-order valence-corrected chi connectivity index (χ1v) is 6.90. The van der Waals surface area contributed by atoms with Crippen LogP contribution in [0.15, 0.2) is 12.1 Å².